The fourth-order valence-electron chi connectivity index (χ4n) is 1.62. The van der Waals surface area contributed by atoms with Gasteiger partial charge in [-0.3, -0.25) is 15.0 Å². The highest BCUT2D eigenvalue weighted by molar-refractivity contribution is 5.91. The highest BCUT2D eigenvalue weighted by Crippen LogP contribution is 2.33. The second-order valence-electron chi connectivity index (χ2n) is 3.38. The van der Waals surface area contributed by atoms with E-state index >= 15 is 0 Å². The van der Waals surface area contributed by atoms with E-state index in [4.69, 9.17) is 9.47 Å². The third-order valence-corrected chi connectivity index (χ3v) is 2.42. The molecule has 7 nitrogen and oxygen atoms in total. The number of carbonyl (C=O) groups is 1. The number of non-ortho nitro benzene ring substituents is 1. The molecule has 7 heteroatoms. The van der Waals surface area contributed by atoms with Gasteiger partial charge in [0, 0.05) is 12.1 Å². The number of ether oxygens (including phenoxy) is 2. The zero-order chi connectivity index (χ0) is 12.4. The van der Waals surface area contributed by atoms with Crippen LogP contribution in [0.25, 0.3) is 0 Å². The largest absolute Gasteiger partial charge is 0.495 e. The minimum atomic E-state index is -0.524. The number of nitro benzene ring substituents is 1. The second-order valence-corrected chi connectivity index (χ2v) is 3.38. The minimum Gasteiger partial charge on any atom is -0.495 e. The van der Waals surface area contributed by atoms with Crippen LogP contribution >= 0.6 is 0 Å². The van der Waals surface area contributed by atoms with Crippen molar-refractivity contribution in [2.75, 3.05) is 25.2 Å². The Hall–Kier alpha value is -2.31. The summed E-state index contributed by atoms with van der Waals surface area (Å²) in [7, 11) is 1.44. The highest BCUT2D eigenvalue weighted by Gasteiger charge is 2.27. The number of cyclic esters (lactones) is 1. The van der Waals surface area contributed by atoms with E-state index < -0.39 is 11.0 Å². The van der Waals surface area contributed by atoms with Gasteiger partial charge in [0.25, 0.3) is 5.69 Å². The van der Waals surface area contributed by atoms with E-state index in [1.165, 1.54) is 30.2 Å². The van der Waals surface area contributed by atoms with Gasteiger partial charge in [-0.25, -0.2) is 4.79 Å². The van der Waals surface area contributed by atoms with Crippen molar-refractivity contribution in [1.29, 1.82) is 0 Å². The van der Waals surface area contributed by atoms with Gasteiger partial charge in [-0.2, -0.15) is 0 Å². The summed E-state index contributed by atoms with van der Waals surface area (Å²) in [4.78, 5) is 22.9. The predicted molar refractivity (Wildman–Crippen MR) is 58.3 cm³/mol. The lowest BCUT2D eigenvalue weighted by molar-refractivity contribution is -0.384. The molecule has 0 aromatic heterocycles. The van der Waals surface area contributed by atoms with Gasteiger partial charge in [0.2, 0.25) is 0 Å². The number of amides is 1. The minimum absolute atomic E-state index is 0.0968. The van der Waals surface area contributed by atoms with Crippen LogP contribution in [0.4, 0.5) is 16.2 Å². The van der Waals surface area contributed by atoms with Gasteiger partial charge < -0.3 is 9.47 Å². The molecule has 1 amide bonds. The van der Waals surface area contributed by atoms with Gasteiger partial charge in [-0.1, -0.05) is 0 Å². The lowest BCUT2D eigenvalue weighted by atomic mass is 10.2. The fourth-order valence-corrected chi connectivity index (χ4v) is 1.62. The summed E-state index contributed by atoms with van der Waals surface area (Å²) in [5.74, 6) is 0.398. The molecule has 90 valence electrons. The Bertz CT molecular complexity index is 474. The standard InChI is InChI=1S/C10H10N2O5/c1-16-9-3-2-7(12(14)15)6-8(9)11-4-5-17-10(11)13/h2-3,6H,4-5H2,1H3. The van der Waals surface area contributed by atoms with E-state index in [1.807, 2.05) is 0 Å². The molecule has 17 heavy (non-hydrogen) atoms. The Morgan fingerprint density at radius 2 is 2.29 bits per heavy atom. The summed E-state index contributed by atoms with van der Waals surface area (Å²) in [6, 6.07) is 4.08. The van der Waals surface area contributed by atoms with Crippen LogP contribution < -0.4 is 9.64 Å². The molecule has 0 spiro atoms. The first-order valence-electron chi connectivity index (χ1n) is 4.90. The van der Waals surface area contributed by atoms with E-state index in [2.05, 4.69) is 0 Å². The number of methoxy groups -OCH3 is 1. The smallest absolute Gasteiger partial charge is 0.414 e. The molecule has 0 saturated carbocycles. The summed E-state index contributed by atoms with van der Waals surface area (Å²) in [5, 5.41) is 10.7. The Morgan fingerprint density at radius 1 is 1.53 bits per heavy atom. The summed E-state index contributed by atoms with van der Waals surface area (Å²) in [5.41, 5.74) is 0.254. The second kappa shape index (κ2) is 4.28. The first-order chi connectivity index (χ1) is 8.13. The van der Waals surface area contributed by atoms with E-state index in [1.54, 1.807) is 0 Å². The molecule has 1 saturated heterocycles. The number of nitrogens with zero attached hydrogens (tertiary/aromatic N) is 2. The Labute approximate surface area is 96.7 Å². The molecule has 2 rings (SSSR count). The maximum atomic E-state index is 11.4. The van der Waals surface area contributed by atoms with Crippen LogP contribution in [0.2, 0.25) is 0 Å². The zero-order valence-electron chi connectivity index (χ0n) is 9.08. The predicted octanol–water partition coefficient (Wildman–Crippen LogP) is 1.56. The van der Waals surface area contributed by atoms with Crippen LogP contribution in [0.1, 0.15) is 0 Å². The number of nitro groups is 1. The molecule has 1 heterocycles. The maximum Gasteiger partial charge on any atom is 0.414 e. The average Bonchev–Trinajstić information content (AvgIpc) is 2.74. The van der Waals surface area contributed by atoms with Gasteiger partial charge in [0.05, 0.1) is 24.3 Å². The molecule has 0 N–H and O–H groups in total. The monoisotopic (exact) mass is 238 g/mol. The molecule has 1 aliphatic heterocycles. The van der Waals surface area contributed by atoms with Crippen molar-refractivity contribution in [3.63, 3.8) is 0 Å². The van der Waals surface area contributed by atoms with Crippen molar-refractivity contribution < 1.29 is 19.2 Å². The molecule has 1 aromatic carbocycles. The lowest BCUT2D eigenvalue weighted by Crippen LogP contribution is -2.23. The van der Waals surface area contributed by atoms with Crippen LogP contribution in [0, 0.1) is 10.1 Å². The third-order valence-electron chi connectivity index (χ3n) is 2.42. The number of carbonyl (C=O) groups excluding carboxylic acids is 1. The Morgan fingerprint density at radius 3 is 2.82 bits per heavy atom. The average molecular weight is 238 g/mol. The van der Waals surface area contributed by atoms with Crippen LogP contribution in [0.15, 0.2) is 18.2 Å². The number of anilines is 1. The summed E-state index contributed by atoms with van der Waals surface area (Å²) in [6.45, 7) is 0.626. The molecule has 0 unspecified atom stereocenters. The summed E-state index contributed by atoms with van der Waals surface area (Å²) < 4.78 is 9.85. The van der Waals surface area contributed by atoms with Gasteiger partial charge in [0.15, 0.2) is 0 Å². The van der Waals surface area contributed by atoms with Crippen molar-refractivity contribution >= 4 is 17.5 Å². The summed E-state index contributed by atoms with van der Waals surface area (Å²) >= 11 is 0. The molecule has 0 atom stereocenters. The first-order valence-corrected chi connectivity index (χ1v) is 4.90. The number of hydrogen-bond donors (Lipinski definition) is 0. The van der Waals surface area contributed by atoms with Crippen LogP contribution in [0.5, 0.6) is 5.75 Å². The molecule has 1 fully saturated rings. The number of benzene rings is 1. The summed E-state index contributed by atoms with van der Waals surface area (Å²) in [6.07, 6.45) is -0.524. The first kappa shape index (κ1) is 11.2. The van der Waals surface area contributed by atoms with Crippen molar-refractivity contribution in [1.82, 2.24) is 0 Å². The van der Waals surface area contributed by atoms with Crippen molar-refractivity contribution in [3.8, 4) is 5.75 Å². The van der Waals surface area contributed by atoms with Gasteiger partial charge in [0.1, 0.15) is 12.4 Å². The molecule has 0 radical (unpaired) electrons. The van der Waals surface area contributed by atoms with E-state index in [-0.39, 0.29) is 12.3 Å². The highest BCUT2D eigenvalue weighted by atomic mass is 16.6. The molecular weight excluding hydrogens is 228 g/mol. The van der Waals surface area contributed by atoms with Crippen molar-refractivity contribution in [3.05, 3.63) is 28.3 Å². The lowest BCUT2D eigenvalue weighted by Gasteiger charge is -2.15. The van der Waals surface area contributed by atoms with E-state index in [9.17, 15) is 14.9 Å². The van der Waals surface area contributed by atoms with Gasteiger partial charge >= 0.3 is 6.09 Å². The Balaban J connectivity index is 2.45. The van der Waals surface area contributed by atoms with Gasteiger partial charge in [-0.15, -0.1) is 0 Å². The van der Waals surface area contributed by atoms with E-state index in [0.717, 1.165) is 0 Å². The number of hydrogen-bond acceptors (Lipinski definition) is 5. The zero-order valence-corrected chi connectivity index (χ0v) is 9.08. The molecular formula is C10H10N2O5. The number of rotatable bonds is 3. The third kappa shape index (κ3) is 1.99. The van der Waals surface area contributed by atoms with Gasteiger partial charge in [-0.05, 0) is 6.07 Å². The van der Waals surface area contributed by atoms with Crippen LogP contribution in [-0.2, 0) is 4.74 Å². The topological polar surface area (TPSA) is 81.9 Å². The van der Waals surface area contributed by atoms with E-state index in [0.29, 0.717) is 18.0 Å². The van der Waals surface area contributed by atoms with Crippen LogP contribution in [-0.4, -0.2) is 31.3 Å². The molecule has 0 bridgehead atoms. The molecule has 1 aliphatic rings. The SMILES string of the molecule is COc1ccc([N+](=O)[O-])cc1N1CCOC1=O. The maximum absolute atomic E-state index is 11.4. The van der Waals surface area contributed by atoms with Crippen molar-refractivity contribution in [2.24, 2.45) is 0 Å². The quantitative estimate of drug-likeness (QED) is 0.589. The fraction of sp³-hybridized carbons (Fsp3) is 0.300. The Kier molecular flexibility index (Phi) is 2.82. The van der Waals surface area contributed by atoms with Crippen LogP contribution in [0.3, 0.4) is 0 Å². The molecule has 0 aliphatic carbocycles. The van der Waals surface area contributed by atoms with Crippen molar-refractivity contribution in [2.45, 2.75) is 0 Å². The molecule has 1 aromatic rings. The normalized spacial score (nSPS) is 14.6.